The van der Waals surface area contributed by atoms with E-state index >= 15 is 0 Å². The quantitative estimate of drug-likeness (QED) is 0.216. The Balaban J connectivity index is 1.37. The molecule has 38 heavy (non-hydrogen) atoms. The van der Waals surface area contributed by atoms with Crippen LogP contribution in [0.1, 0.15) is 18.4 Å². The number of fused-ring (bicyclic) bond motifs is 1. The molecule has 0 aliphatic heterocycles. The fraction of sp³-hybridized carbons (Fsp3) is 0.148. The van der Waals surface area contributed by atoms with Crippen LogP contribution >= 0.6 is 11.3 Å². The summed E-state index contributed by atoms with van der Waals surface area (Å²) >= 11 is 1.46. The second kappa shape index (κ2) is 10.3. The van der Waals surface area contributed by atoms with Crippen LogP contribution in [0.2, 0.25) is 0 Å². The molecule has 0 unspecified atom stereocenters. The zero-order valence-electron chi connectivity index (χ0n) is 20.8. The second-order valence-corrected chi connectivity index (χ2v) is 11.4. The lowest BCUT2D eigenvalue weighted by molar-refractivity contribution is 0.303. The van der Waals surface area contributed by atoms with Crippen molar-refractivity contribution in [2.45, 2.75) is 18.4 Å². The van der Waals surface area contributed by atoms with Gasteiger partial charge in [0.05, 0.1) is 29.3 Å². The van der Waals surface area contributed by atoms with Crippen LogP contribution in [0.15, 0.2) is 69.4 Å². The minimum Gasteiger partial charge on any atom is -0.496 e. The standard InChI is InChI=1S/C27H24N4O5S2/c1-16(28)4-9-26-29-13-22(31-26)25-12-21-23(10-19(34-2)11-24(21)36-25)35-14-18-15-37-27(30-18)17-5-7-20(8-6-17)38(3,32)33/h4-13,15,28H,14H2,1-3H3,(H,29,31)/b9-4-,28-16?. The molecule has 0 atom stereocenters. The summed E-state index contributed by atoms with van der Waals surface area (Å²) in [6, 6.07) is 12.1. The molecule has 2 N–H and O–H groups in total. The van der Waals surface area contributed by atoms with Crippen molar-refractivity contribution >= 4 is 43.9 Å². The Bertz CT molecular complexity index is 1760. The molecule has 5 aromatic rings. The highest BCUT2D eigenvalue weighted by Crippen LogP contribution is 2.37. The first-order chi connectivity index (χ1) is 18.2. The highest BCUT2D eigenvalue weighted by Gasteiger charge is 2.16. The number of nitrogens with zero attached hydrogens (tertiary/aromatic N) is 2. The number of allylic oxidation sites excluding steroid dienone is 1. The molecule has 3 aromatic heterocycles. The summed E-state index contributed by atoms with van der Waals surface area (Å²) in [7, 11) is -1.67. The maximum atomic E-state index is 11.7. The number of hydrogen-bond acceptors (Lipinski definition) is 9. The van der Waals surface area contributed by atoms with E-state index in [0.717, 1.165) is 21.7 Å². The average molecular weight is 549 g/mol. The van der Waals surface area contributed by atoms with Gasteiger partial charge in [-0.3, -0.25) is 0 Å². The first-order valence-corrected chi connectivity index (χ1v) is 14.2. The van der Waals surface area contributed by atoms with E-state index in [2.05, 4.69) is 15.0 Å². The summed E-state index contributed by atoms with van der Waals surface area (Å²) in [5.41, 5.74) is 3.29. The summed E-state index contributed by atoms with van der Waals surface area (Å²) in [6.45, 7) is 1.92. The molecule has 2 aromatic carbocycles. The van der Waals surface area contributed by atoms with Gasteiger partial charge in [-0.15, -0.1) is 11.3 Å². The van der Waals surface area contributed by atoms with Crippen molar-refractivity contribution < 1.29 is 22.3 Å². The average Bonchev–Trinajstić information content (AvgIpc) is 3.65. The number of sulfone groups is 1. The Morgan fingerprint density at radius 1 is 1.21 bits per heavy atom. The third kappa shape index (κ3) is 5.53. The smallest absolute Gasteiger partial charge is 0.175 e. The minimum atomic E-state index is -3.25. The van der Waals surface area contributed by atoms with E-state index in [4.69, 9.17) is 19.3 Å². The molecule has 3 heterocycles. The van der Waals surface area contributed by atoms with Crippen LogP contribution in [0, 0.1) is 5.41 Å². The fourth-order valence-electron chi connectivity index (χ4n) is 3.71. The summed E-state index contributed by atoms with van der Waals surface area (Å²) in [6.07, 6.45) is 6.25. The first-order valence-electron chi connectivity index (χ1n) is 11.5. The van der Waals surface area contributed by atoms with Crippen molar-refractivity contribution in [2.75, 3.05) is 13.4 Å². The van der Waals surface area contributed by atoms with Gasteiger partial charge in [0.25, 0.3) is 0 Å². The summed E-state index contributed by atoms with van der Waals surface area (Å²) < 4.78 is 41.1. The summed E-state index contributed by atoms with van der Waals surface area (Å²) in [4.78, 5) is 12.4. The van der Waals surface area contributed by atoms with Crippen LogP contribution in [0.4, 0.5) is 0 Å². The SMILES string of the molecule is COc1cc(OCc2csc(-c3ccc(S(C)(=O)=O)cc3)n2)c2cc(-c3cnc(/C=C\C(C)=N)[nH]3)oc2c1. The molecule has 0 fully saturated rings. The van der Waals surface area contributed by atoms with Gasteiger partial charge in [-0.2, -0.15) is 0 Å². The van der Waals surface area contributed by atoms with Crippen molar-refractivity contribution in [1.82, 2.24) is 15.0 Å². The molecule has 0 aliphatic rings. The van der Waals surface area contributed by atoms with Crippen LogP contribution < -0.4 is 9.47 Å². The monoisotopic (exact) mass is 548 g/mol. The molecule has 194 valence electrons. The topological polar surface area (TPSA) is 131 Å². The molecule has 5 rings (SSSR count). The van der Waals surface area contributed by atoms with E-state index in [0.29, 0.717) is 40.1 Å². The van der Waals surface area contributed by atoms with Crippen molar-refractivity contribution in [1.29, 1.82) is 5.41 Å². The molecular formula is C27H24N4O5S2. The normalized spacial score (nSPS) is 11.9. The highest BCUT2D eigenvalue weighted by atomic mass is 32.2. The molecule has 0 bridgehead atoms. The molecule has 0 aliphatic carbocycles. The fourth-order valence-corrected chi connectivity index (χ4v) is 5.15. The van der Waals surface area contributed by atoms with Crippen molar-refractivity contribution in [3.8, 4) is 33.5 Å². The number of aromatic nitrogens is 3. The highest BCUT2D eigenvalue weighted by molar-refractivity contribution is 7.90. The predicted molar refractivity (Wildman–Crippen MR) is 148 cm³/mol. The molecule has 0 saturated carbocycles. The predicted octanol–water partition coefficient (Wildman–Crippen LogP) is 5.99. The van der Waals surface area contributed by atoms with E-state index in [-0.39, 0.29) is 11.5 Å². The van der Waals surface area contributed by atoms with E-state index in [1.807, 2.05) is 11.4 Å². The zero-order valence-corrected chi connectivity index (χ0v) is 22.4. The van der Waals surface area contributed by atoms with Crippen LogP contribution in [0.5, 0.6) is 11.5 Å². The number of thiazole rings is 1. The Kier molecular flexibility index (Phi) is 6.87. The minimum absolute atomic E-state index is 0.225. The van der Waals surface area contributed by atoms with E-state index in [1.165, 1.54) is 17.6 Å². The summed E-state index contributed by atoms with van der Waals surface area (Å²) in [5, 5.41) is 11.0. The number of imidazole rings is 1. The zero-order chi connectivity index (χ0) is 26.9. The van der Waals surface area contributed by atoms with Crippen LogP contribution in [-0.4, -0.2) is 42.4 Å². The third-order valence-electron chi connectivity index (χ3n) is 5.62. The van der Waals surface area contributed by atoms with E-state index < -0.39 is 9.84 Å². The maximum absolute atomic E-state index is 11.7. The van der Waals surface area contributed by atoms with Gasteiger partial charge in [-0.1, -0.05) is 12.1 Å². The largest absolute Gasteiger partial charge is 0.496 e. The van der Waals surface area contributed by atoms with Crippen molar-refractivity contribution in [3.63, 3.8) is 0 Å². The number of hydrogen-bond donors (Lipinski definition) is 2. The number of aromatic amines is 1. The lowest BCUT2D eigenvalue weighted by atomic mass is 10.2. The molecule has 0 saturated heterocycles. The number of nitrogens with one attached hydrogen (secondary N) is 2. The van der Waals surface area contributed by atoms with E-state index in [9.17, 15) is 8.42 Å². The van der Waals surface area contributed by atoms with Gasteiger partial charge in [0.15, 0.2) is 15.6 Å². The summed E-state index contributed by atoms with van der Waals surface area (Å²) in [5.74, 6) is 2.38. The molecule has 0 amide bonds. The number of ether oxygens (including phenoxy) is 2. The second-order valence-electron chi connectivity index (χ2n) is 8.58. The third-order valence-corrected chi connectivity index (χ3v) is 7.69. The Labute approximate surface area is 223 Å². The lowest BCUT2D eigenvalue weighted by Gasteiger charge is -2.08. The lowest BCUT2D eigenvalue weighted by Crippen LogP contribution is -1.97. The van der Waals surface area contributed by atoms with Gasteiger partial charge in [-0.25, -0.2) is 18.4 Å². The molecule has 9 nitrogen and oxygen atoms in total. The van der Waals surface area contributed by atoms with Crippen molar-refractivity contribution in [3.05, 3.63) is 71.6 Å². The number of rotatable bonds is 9. The van der Waals surface area contributed by atoms with Gasteiger partial charge >= 0.3 is 0 Å². The molecule has 11 heteroatoms. The van der Waals surface area contributed by atoms with Gasteiger partial charge in [-0.05, 0) is 37.3 Å². The Hall–Kier alpha value is -4.22. The van der Waals surface area contributed by atoms with Gasteiger partial charge in [0.1, 0.15) is 40.2 Å². The van der Waals surface area contributed by atoms with Gasteiger partial charge < -0.3 is 24.3 Å². The van der Waals surface area contributed by atoms with Crippen molar-refractivity contribution in [2.24, 2.45) is 0 Å². The Morgan fingerprint density at radius 2 is 2.00 bits per heavy atom. The number of furan rings is 1. The van der Waals surface area contributed by atoms with Gasteiger partial charge in [0, 0.05) is 35.0 Å². The molecule has 0 radical (unpaired) electrons. The number of methoxy groups -OCH3 is 1. The molecular weight excluding hydrogens is 524 g/mol. The van der Waals surface area contributed by atoms with Gasteiger partial charge in [0.2, 0.25) is 0 Å². The number of benzene rings is 2. The van der Waals surface area contributed by atoms with E-state index in [1.54, 1.807) is 68.8 Å². The van der Waals surface area contributed by atoms with Crippen LogP contribution in [0.25, 0.3) is 39.1 Å². The molecule has 0 spiro atoms. The Morgan fingerprint density at radius 3 is 2.71 bits per heavy atom. The first kappa shape index (κ1) is 25.4. The maximum Gasteiger partial charge on any atom is 0.175 e. The van der Waals surface area contributed by atoms with Crippen LogP contribution in [-0.2, 0) is 16.4 Å². The van der Waals surface area contributed by atoms with Crippen LogP contribution in [0.3, 0.4) is 0 Å². The number of H-pyrrole nitrogens is 1.